The number of aromatic nitrogens is 4. The summed E-state index contributed by atoms with van der Waals surface area (Å²) in [5.41, 5.74) is 2.64. The number of nitrogens with one attached hydrogen (secondary N) is 1. The number of hydrogen-bond acceptors (Lipinski definition) is 5. The lowest BCUT2D eigenvalue weighted by Crippen LogP contribution is -2.32. The fourth-order valence-electron chi connectivity index (χ4n) is 4.81. The molecule has 0 radical (unpaired) electrons. The second kappa shape index (κ2) is 9.94. The Bertz CT molecular complexity index is 1780. The molecule has 0 saturated heterocycles. The summed E-state index contributed by atoms with van der Waals surface area (Å²) >= 11 is 0. The molecule has 5 aromatic rings. The van der Waals surface area contributed by atoms with Gasteiger partial charge in [-0.1, -0.05) is 57.2 Å². The molecule has 1 amide bonds. The molecule has 3 heterocycles. The topological polar surface area (TPSA) is 98.4 Å². The van der Waals surface area contributed by atoms with Gasteiger partial charge in [-0.15, -0.1) is 0 Å². The number of carbonyl (C=O) groups excluding carboxylic acids is 2. The summed E-state index contributed by atoms with van der Waals surface area (Å²) in [5.74, 6) is -0.270. The van der Waals surface area contributed by atoms with E-state index in [1.54, 1.807) is 34.5 Å². The zero-order valence-electron chi connectivity index (χ0n) is 22.7. The van der Waals surface area contributed by atoms with Crippen molar-refractivity contribution >= 4 is 28.1 Å². The third-order valence-electron chi connectivity index (χ3n) is 6.95. The predicted octanol–water partition coefficient (Wildman–Crippen LogP) is 4.99. The van der Waals surface area contributed by atoms with Gasteiger partial charge >= 0.3 is 0 Å². The smallest absolute Gasteiger partial charge is 0.263 e. The number of nitrogens with zero attached hydrogens (tertiary/aromatic N) is 4. The highest BCUT2D eigenvalue weighted by Crippen LogP contribution is 2.26. The van der Waals surface area contributed by atoms with Gasteiger partial charge in [-0.05, 0) is 49.1 Å². The molecule has 0 bridgehead atoms. The number of ketones is 1. The molecule has 8 nitrogen and oxygen atoms in total. The van der Waals surface area contributed by atoms with Crippen LogP contribution in [-0.4, -0.2) is 30.9 Å². The number of benzene rings is 2. The van der Waals surface area contributed by atoms with Gasteiger partial charge in [0.25, 0.3) is 11.5 Å². The van der Waals surface area contributed by atoms with Crippen molar-refractivity contribution in [1.29, 1.82) is 0 Å². The lowest BCUT2D eigenvalue weighted by molar-refractivity contribution is -0.125. The summed E-state index contributed by atoms with van der Waals surface area (Å²) in [6.07, 6.45) is 3.53. The van der Waals surface area contributed by atoms with Crippen molar-refractivity contribution in [3.05, 3.63) is 106 Å². The van der Waals surface area contributed by atoms with Crippen molar-refractivity contribution in [2.45, 2.75) is 47.1 Å². The molecule has 2 aromatic carbocycles. The van der Waals surface area contributed by atoms with Gasteiger partial charge in [-0.25, -0.2) is 9.50 Å². The second-order valence-corrected chi connectivity index (χ2v) is 10.8. The highest BCUT2D eigenvalue weighted by atomic mass is 16.2. The molecule has 0 aliphatic rings. The van der Waals surface area contributed by atoms with Crippen molar-refractivity contribution in [2.75, 3.05) is 0 Å². The summed E-state index contributed by atoms with van der Waals surface area (Å²) in [7, 11) is 0. The van der Waals surface area contributed by atoms with Crippen LogP contribution in [0.3, 0.4) is 0 Å². The lowest BCUT2D eigenvalue weighted by Gasteiger charge is -2.22. The van der Waals surface area contributed by atoms with Gasteiger partial charge in [-0.3, -0.25) is 19.0 Å². The Kier molecular flexibility index (Phi) is 6.64. The maximum Gasteiger partial charge on any atom is 0.263 e. The number of hydrogen-bond donors (Lipinski definition) is 1. The highest BCUT2D eigenvalue weighted by Gasteiger charge is 2.25. The van der Waals surface area contributed by atoms with Crippen LogP contribution in [-0.2, 0) is 11.2 Å². The van der Waals surface area contributed by atoms with Crippen molar-refractivity contribution in [3.63, 3.8) is 0 Å². The van der Waals surface area contributed by atoms with Gasteiger partial charge in [0.15, 0.2) is 5.65 Å². The number of para-hydroxylation sites is 1. The van der Waals surface area contributed by atoms with Crippen LogP contribution < -0.4 is 10.9 Å². The number of rotatable bonds is 6. The van der Waals surface area contributed by atoms with E-state index in [-0.39, 0.29) is 23.7 Å². The Hall–Kier alpha value is -4.59. The Morgan fingerprint density at radius 2 is 1.77 bits per heavy atom. The van der Waals surface area contributed by atoms with Gasteiger partial charge in [0, 0.05) is 35.6 Å². The van der Waals surface area contributed by atoms with Crippen molar-refractivity contribution < 1.29 is 9.59 Å². The Labute approximate surface area is 226 Å². The molecular weight excluding hydrogens is 490 g/mol. The Balaban J connectivity index is 1.63. The monoisotopic (exact) mass is 521 g/mol. The molecule has 8 heteroatoms. The molecule has 5 rings (SSSR count). The third kappa shape index (κ3) is 4.85. The molecule has 0 unspecified atom stereocenters. The van der Waals surface area contributed by atoms with Crippen molar-refractivity contribution in [1.82, 2.24) is 24.5 Å². The van der Waals surface area contributed by atoms with E-state index in [9.17, 15) is 14.4 Å². The maximum absolute atomic E-state index is 14.2. The lowest BCUT2D eigenvalue weighted by atomic mass is 9.86. The third-order valence-corrected chi connectivity index (χ3v) is 6.95. The summed E-state index contributed by atoms with van der Waals surface area (Å²) < 4.78 is 3.20. The summed E-state index contributed by atoms with van der Waals surface area (Å²) in [4.78, 5) is 44.9. The number of carbonyl (C=O) groups is 2. The molecule has 0 saturated carbocycles. The highest BCUT2D eigenvalue weighted by molar-refractivity contribution is 6.01. The molecule has 1 atom stereocenters. The molecule has 39 heavy (non-hydrogen) atoms. The van der Waals surface area contributed by atoms with Crippen molar-refractivity contribution in [3.8, 4) is 5.69 Å². The minimum atomic E-state index is -0.535. The SMILES string of the molecule is Cc1nn2cccnc2c1C(=O)N[C@@H](C)c1cc2cccc(CC(=O)C(C)(C)C)c2c(=O)n1-c1ccccc1. The molecule has 198 valence electrons. The minimum Gasteiger partial charge on any atom is -0.344 e. The van der Waals surface area contributed by atoms with E-state index in [0.29, 0.717) is 39.2 Å². The van der Waals surface area contributed by atoms with Crippen LogP contribution in [0.5, 0.6) is 0 Å². The van der Waals surface area contributed by atoms with Crippen LogP contribution >= 0.6 is 0 Å². The first-order chi connectivity index (χ1) is 18.6. The van der Waals surface area contributed by atoms with Crippen LogP contribution in [0.15, 0.2) is 77.9 Å². The quantitative estimate of drug-likeness (QED) is 0.339. The van der Waals surface area contributed by atoms with E-state index in [0.717, 1.165) is 5.39 Å². The van der Waals surface area contributed by atoms with E-state index in [1.807, 2.05) is 82.3 Å². The molecule has 3 aromatic heterocycles. The van der Waals surface area contributed by atoms with E-state index < -0.39 is 11.5 Å². The second-order valence-electron chi connectivity index (χ2n) is 10.8. The van der Waals surface area contributed by atoms with E-state index in [4.69, 9.17) is 0 Å². The first-order valence-corrected chi connectivity index (χ1v) is 12.9. The zero-order chi connectivity index (χ0) is 27.9. The number of pyridine rings is 1. The van der Waals surface area contributed by atoms with Gasteiger partial charge in [0.2, 0.25) is 0 Å². The largest absolute Gasteiger partial charge is 0.344 e. The van der Waals surface area contributed by atoms with Crippen LogP contribution in [0.1, 0.15) is 61.0 Å². The molecule has 1 N–H and O–H groups in total. The summed E-state index contributed by atoms with van der Waals surface area (Å²) in [6.45, 7) is 9.26. The van der Waals surface area contributed by atoms with E-state index >= 15 is 0 Å². The molecule has 0 aliphatic heterocycles. The molecule has 0 spiro atoms. The van der Waals surface area contributed by atoms with Gasteiger partial charge in [0.05, 0.1) is 17.1 Å². The molecular formula is C31H31N5O3. The Morgan fingerprint density at radius 3 is 2.49 bits per heavy atom. The first kappa shape index (κ1) is 26.0. The van der Waals surface area contributed by atoms with E-state index in [1.165, 1.54) is 0 Å². The normalized spacial score (nSPS) is 12.5. The van der Waals surface area contributed by atoms with Crippen molar-refractivity contribution in [2.24, 2.45) is 5.41 Å². The van der Waals surface area contributed by atoms with Gasteiger partial charge in [-0.2, -0.15) is 5.10 Å². The number of amides is 1. The fraction of sp³-hybridized carbons (Fsp3) is 0.258. The fourth-order valence-corrected chi connectivity index (χ4v) is 4.81. The summed E-state index contributed by atoms with van der Waals surface area (Å²) in [5, 5.41) is 8.67. The molecule has 0 aliphatic carbocycles. The summed E-state index contributed by atoms with van der Waals surface area (Å²) in [6, 6.07) is 18.0. The van der Waals surface area contributed by atoms with Crippen LogP contribution in [0.25, 0.3) is 22.1 Å². The average molecular weight is 522 g/mol. The van der Waals surface area contributed by atoms with Gasteiger partial charge in [0.1, 0.15) is 11.3 Å². The standard InChI is InChI=1S/C31H31N5O3/c1-19(33-29(38)26-20(2)34-35-16-10-15-32-28(26)35)24-17-21-11-9-12-22(18-25(37)31(3,4)5)27(21)30(39)36(24)23-13-7-6-8-14-23/h6-17,19H,18H2,1-5H3,(H,33,38)/t19-/m0/s1. The number of fused-ring (bicyclic) bond motifs is 2. The Morgan fingerprint density at radius 1 is 1.03 bits per heavy atom. The van der Waals surface area contributed by atoms with E-state index in [2.05, 4.69) is 15.4 Å². The zero-order valence-corrected chi connectivity index (χ0v) is 22.7. The maximum atomic E-state index is 14.2. The number of Topliss-reactive ketones (excluding diaryl/α,β-unsaturated/α-hetero) is 1. The average Bonchev–Trinajstić information content (AvgIpc) is 3.24. The van der Waals surface area contributed by atoms with Crippen LogP contribution in [0.4, 0.5) is 0 Å². The van der Waals surface area contributed by atoms with Gasteiger partial charge < -0.3 is 5.32 Å². The van der Waals surface area contributed by atoms with Crippen LogP contribution in [0, 0.1) is 12.3 Å². The van der Waals surface area contributed by atoms with Crippen LogP contribution in [0.2, 0.25) is 0 Å². The first-order valence-electron chi connectivity index (χ1n) is 12.9. The minimum absolute atomic E-state index is 0.0581. The predicted molar refractivity (Wildman–Crippen MR) is 151 cm³/mol. The number of aryl methyl sites for hydroxylation is 1. The molecule has 0 fully saturated rings.